The SMILES string of the molecule is CC(N)c1nc(-c2ccccc2)c(-c2ccccc2)[nH]1. The molecule has 0 amide bonds. The number of nitrogens with one attached hydrogen (secondary N) is 1. The largest absolute Gasteiger partial charge is 0.340 e. The first-order valence-corrected chi connectivity index (χ1v) is 6.72. The van der Waals surface area contributed by atoms with Gasteiger partial charge in [-0.1, -0.05) is 60.7 Å². The molecule has 0 spiro atoms. The summed E-state index contributed by atoms with van der Waals surface area (Å²) < 4.78 is 0. The van der Waals surface area contributed by atoms with E-state index in [0.717, 1.165) is 28.3 Å². The Labute approximate surface area is 118 Å². The van der Waals surface area contributed by atoms with Crippen LogP contribution in [0.4, 0.5) is 0 Å². The Morgan fingerprint density at radius 3 is 2.00 bits per heavy atom. The monoisotopic (exact) mass is 263 g/mol. The standard InChI is InChI=1S/C17H17N3/c1-12(18)17-19-15(13-8-4-2-5-9-13)16(20-17)14-10-6-3-7-11-14/h2-12H,18H2,1H3,(H,19,20). The van der Waals surface area contributed by atoms with E-state index in [1.807, 2.05) is 43.3 Å². The van der Waals surface area contributed by atoms with Crippen molar-refractivity contribution in [3.05, 3.63) is 66.5 Å². The summed E-state index contributed by atoms with van der Waals surface area (Å²) in [7, 11) is 0. The number of nitrogens with two attached hydrogens (primary N) is 1. The summed E-state index contributed by atoms with van der Waals surface area (Å²) >= 11 is 0. The lowest BCUT2D eigenvalue weighted by molar-refractivity contribution is 0.757. The quantitative estimate of drug-likeness (QED) is 0.756. The zero-order valence-corrected chi connectivity index (χ0v) is 11.4. The van der Waals surface area contributed by atoms with E-state index in [9.17, 15) is 0 Å². The first-order chi connectivity index (χ1) is 9.75. The van der Waals surface area contributed by atoms with Gasteiger partial charge in [-0.25, -0.2) is 4.98 Å². The molecule has 1 atom stereocenters. The number of aromatic nitrogens is 2. The molecule has 3 heteroatoms. The molecule has 0 bridgehead atoms. The summed E-state index contributed by atoms with van der Waals surface area (Å²) in [5.74, 6) is 0.808. The predicted molar refractivity (Wildman–Crippen MR) is 82.1 cm³/mol. The third-order valence-electron chi connectivity index (χ3n) is 3.26. The van der Waals surface area contributed by atoms with Gasteiger partial charge in [-0.3, -0.25) is 0 Å². The Bertz CT molecular complexity index is 628. The van der Waals surface area contributed by atoms with Crippen molar-refractivity contribution in [2.75, 3.05) is 0 Å². The van der Waals surface area contributed by atoms with Crippen molar-refractivity contribution in [1.82, 2.24) is 9.97 Å². The molecular weight excluding hydrogens is 246 g/mol. The average molecular weight is 263 g/mol. The van der Waals surface area contributed by atoms with Crippen molar-refractivity contribution < 1.29 is 0 Å². The fourth-order valence-electron chi connectivity index (χ4n) is 2.23. The predicted octanol–water partition coefficient (Wildman–Crippen LogP) is 3.76. The second-order valence-electron chi connectivity index (χ2n) is 4.87. The van der Waals surface area contributed by atoms with Gasteiger partial charge in [0.05, 0.1) is 17.4 Å². The van der Waals surface area contributed by atoms with Crippen molar-refractivity contribution in [2.45, 2.75) is 13.0 Å². The van der Waals surface area contributed by atoms with Crippen LogP contribution in [-0.2, 0) is 0 Å². The van der Waals surface area contributed by atoms with Gasteiger partial charge in [0.2, 0.25) is 0 Å². The zero-order chi connectivity index (χ0) is 13.9. The molecule has 1 aromatic heterocycles. The van der Waals surface area contributed by atoms with Crippen LogP contribution in [0.25, 0.3) is 22.5 Å². The Kier molecular flexibility index (Phi) is 3.35. The molecule has 20 heavy (non-hydrogen) atoms. The van der Waals surface area contributed by atoms with Crippen LogP contribution >= 0.6 is 0 Å². The van der Waals surface area contributed by atoms with Crippen molar-refractivity contribution in [3.63, 3.8) is 0 Å². The lowest BCUT2D eigenvalue weighted by Crippen LogP contribution is -2.06. The van der Waals surface area contributed by atoms with Crippen LogP contribution in [0, 0.1) is 0 Å². The van der Waals surface area contributed by atoms with E-state index in [1.165, 1.54) is 0 Å². The molecule has 2 aromatic carbocycles. The maximum atomic E-state index is 5.96. The van der Waals surface area contributed by atoms with Gasteiger partial charge in [0.15, 0.2) is 0 Å². The van der Waals surface area contributed by atoms with Gasteiger partial charge in [0, 0.05) is 11.1 Å². The highest BCUT2D eigenvalue weighted by Crippen LogP contribution is 2.30. The summed E-state index contributed by atoms with van der Waals surface area (Å²) in [4.78, 5) is 8.04. The van der Waals surface area contributed by atoms with Gasteiger partial charge in [-0.05, 0) is 6.92 Å². The summed E-state index contributed by atoms with van der Waals surface area (Å²) in [6.45, 7) is 1.93. The molecule has 0 aliphatic rings. The summed E-state index contributed by atoms with van der Waals surface area (Å²) in [5, 5.41) is 0. The van der Waals surface area contributed by atoms with Crippen LogP contribution in [0.5, 0.6) is 0 Å². The molecule has 0 saturated heterocycles. The summed E-state index contributed by atoms with van der Waals surface area (Å²) in [5.41, 5.74) is 10.1. The Hall–Kier alpha value is -2.39. The molecular formula is C17H17N3. The normalized spacial score (nSPS) is 12.3. The molecule has 100 valence electrons. The molecule has 3 rings (SSSR count). The van der Waals surface area contributed by atoms with Gasteiger partial charge in [0.25, 0.3) is 0 Å². The third-order valence-corrected chi connectivity index (χ3v) is 3.26. The van der Waals surface area contributed by atoms with Crippen LogP contribution in [0.3, 0.4) is 0 Å². The van der Waals surface area contributed by atoms with E-state index in [2.05, 4.69) is 34.2 Å². The van der Waals surface area contributed by atoms with Crippen LogP contribution in [-0.4, -0.2) is 9.97 Å². The van der Waals surface area contributed by atoms with Crippen molar-refractivity contribution in [1.29, 1.82) is 0 Å². The number of aromatic amines is 1. The lowest BCUT2D eigenvalue weighted by Gasteiger charge is -2.02. The Morgan fingerprint density at radius 2 is 1.45 bits per heavy atom. The highest BCUT2D eigenvalue weighted by molar-refractivity contribution is 5.78. The fourth-order valence-corrected chi connectivity index (χ4v) is 2.23. The van der Waals surface area contributed by atoms with E-state index in [1.54, 1.807) is 0 Å². The second kappa shape index (κ2) is 5.31. The fraction of sp³-hybridized carbons (Fsp3) is 0.118. The van der Waals surface area contributed by atoms with Crippen LogP contribution in [0.2, 0.25) is 0 Å². The number of rotatable bonds is 3. The van der Waals surface area contributed by atoms with Crippen LogP contribution < -0.4 is 5.73 Å². The number of hydrogen-bond donors (Lipinski definition) is 2. The maximum Gasteiger partial charge on any atom is 0.123 e. The second-order valence-corrected chi connectivity index (χ2v) is 4.87. The molecule has 3 N–H and O–H groups in total. The third kappa shape index (κ3) is 2.36. The van der Waals surface area contributed by atoms with E-state index in [-0.39, 0.29) is 6.04 Å². The van der Waals surface area contributed by atoms with E-state index >= 15 is 0 Å². The molecule has 0 saturated carbocycles. The van der Waals surface area contributed by atoms with Gasteiger partial charge in [0.1, 0.15) is 5.82 Å². The number of benzene rings is 2. The lowest BCUT2D eigenvalue weighted by atomic mass is 10.1. The molecule has 3 nitrogen and oxygen atoms in total. The zero-order valence-electron chi connectivity index (χ0n) is 11.4. The molecule has 1 unspecified atom stereocenters. The van der Waals surface area contributed by atoms with Gasteiger partial charge in [-0.2, -0.15) is 0 Å². The smallest absolute Gasteiger partial charge is 0.123 e. The molecule has 0 fully saturated rings. The van der Waals surface area contributed by atoms with E-state index in [4.69, 9.17) is 5.73 Å². The van der Waals surface area contributed by atoms with E-state index < -0.39 is 0 Å². The van der Waals surface area contributed by atoms with Crippen molar-refractivity contribution in [3.8, 4) is 22.5 Å². The highest BCUT2D eigenvalue weighted by Gasteiger charge is 2.15. The number of H-pyrrole nitrogens is 1. The first-order valence-electron chi connectivity index (χ1n) is 6.72. The molecule has 0 aliphatic heterocycles. The Balaban J connectivity index is 2.18. The minimum atomic E-state index is -0.116. The van der Waals surface area contributed by atoms with Crippen LogP contribution in [0.15, 0.2) is 60.7 Å². The maximum absolute atomic E-state index is 5.96. The minimum Gasteiger partial charge on any atom is -0.340 e. The van der Waals surface area contributed by atoms with Crippen LogP contribution in [0.1, 0.15) is 18.8 Å². The summed E-state index contributed by atoms with van der Waals surface area (Å²) in [6, 6.07) is 20.3. The van der Waals surface area contributed by atoms with Crippen molar-refractivity contribution in [2.24, 2.45) is 5.73 Å². The number of imidazole rings is 1. The number of nitrogens with zero attached hydrogens (tertiary/aromatic N) is 1. The summed E-state index contributed by atoms with van der Waals surface area (Å²) in [6.07, 6.45) is 0. The van der Waals surface area contributed by atoms with E-state index in [0.29, 0.717) is 0 Å². The topological polar surface area (TPSA) is 54.7 Å². The first kappa shape index (κ1) is 12.6. The highest BCUT2D eigenvalue weighted by atomic mass is 15.0. The number of hydrogen-bond acceptors (Lipinski definition) is 2. The molecule has 0 aliphatic carbocycles. The molecule has 1 heterocycles. The van der Waals surface area contributed by atoms with Gasteiger partial charge in [-0.15, -0.1) is 0 Å². The minimum absolute atomic E-state index is 0.116. The van der Waals surface area contributed by atoms with Gasteiger partial charge >= 0.3 is 0 Å². The molecule has 0 radical (unpaired) electrons. The molecule has 3 aromatic rings. The Morgan fingerprint density at radius 1 is 0.900 bits per heavy atom. The van der Waals surface area contributed by atoms with Crippen molar-refractivity contribution >= 4 is 0 Å². The average Bonchev–Trinajstić information content (AvgIpc) is 2.94. The van der Waals surface area contributed by atoms with Gasteiger partial charge < -0.3 is 10.7 Å².